The van der Waals surface area contributed by atoms with Crippen LogP contribution in [0, 0.1) is 5.21 Å². The molecule has 4 nitrogen and oxygen atoms in total. The van der Waals surface area contributed by atoms with E-state index in [0.717, 1.165) is 10.3 Å². The van der Waals surface area contributed by atoms with Crippen molar-refractivity contribution in [1.82, 2.24) is 0 Å². The van der Waals surface area contributed by atoms with E-state index < -0.39 is 0 Å². The van der Waals surface area contributed by atoms with Crippen LogP contribution in [-0.4, -0.2) is 13.1 Å². The summed E-state index contributed by atoms with van der Waals surface area (Å²) in [5.74, 6) is -0.389. The Morgan fingerprint density at radius 1 is 1.18 bits per heavy atom. The Kier molecular flexibility index (Phi) is 3.05. The van der Waals surface area contributed by atoms with Crippen LogP contribution < -0.4 is 4.73 Å². The highest BCUT2D eigenvalue weighted by molar-refractivity contribution is 5.89. The summed E-state index contributed by atoms with van der Waals surface area (Å²) in [4.78, 5) is 11.2. The van der Waals surface area contributed by atoms with Crippen molar-refractivity contribution in [3.8, 4) is 11.3 Å². The number of carbonyl (C=O) groups is 1. The quantitative estimate of drug-likeness (QED) is 0.448. The molecule has 0 aliphatic heterocycles. The number of rotatable bonds is 2. The van der Waals surface area contributed by atoms with Crippen LogP contribution >= 0.6 is 0 Å². The van der Waals surface area contributed by atoms with Crippen molar-refractivity contribution >= 4 is 5.97 Å². The second-order valence-electron chi connectivity index (χ2n) is 3.48. The standard InChI is InChI=1S/C13H11NO3/c1-17-13(15)11-7-5-10(6-8-11)12-4-2-3-9-14(12)16/h2-9H,1H3. The third-order valence-electron chi connectivity index (χ3n) is 2.43. The van der Waals surface area contributed by atoms with E-state index >= 15 is 0 Å². The molecule has 0 aliphatic rings. The fourth-order valence-corrected chi connectivity index (χ4v) is 1.55. The first-order chi connectivity index (χ1) is 8.22. The van der Waals surface area contributed by atoms with Gasteiger partial charge in [-0.05, 0) is 30.3 Å². The summed E-state index contributed by atoms with van der Waals surface area (Å²) in [5.41, 5.74) is 1.77. The summed E-state index contributed by atoms with van der Waals surface area (Å²) < 4.78 is 5.38. The first kappa shape index (κ1) is 11.1. The zero-order valence-electron chi connectivity index (χ0n) is 9.29. The number of esters is 1. The first-order valence-corrected chi connectivity index (χ1v) is 5.09. The predicted octanol–water partition coefficient (Wildman–Crippen LogP) is 1.77. The summed E-state index contributed by atoms with van der Waals surface area (Å²) >= 11 is 0. The Morgan fingerprint density at radius 3 is 2.47 bits per heavy atom. The molecule has 17 heavy (non-hydrogen) atoms. The summed E-state index contributed by atoms with van der Waals surface area (Å²) in [6.45, 7) is 0. The molecular weight excluding hydrogens is 218 g/mol. The molecule has 0 bridgehead atoms. The summed E-state index contributed by atoms with van der Waals surface area (Å²) in [6.07, 6.45) is 1.43. The van der Waals surface area contributed by atoms with Crippen LogP contribution in [0.15, 0.2) is 48.7 Å². The van der Waals surface area contributed by atoms with E-state index in [1.54, 1.807) is 42.5 Å². The van der Waals surface area contributed by atoms with E-state index in [0.29, 0.717) is 11.3 Å². The van der Waals surface area contributed by atoms with Gasteiger partial charge in [-0.15, -0.1) is 0 Å². The van der Waals surface area contributed by atoms with E-state index in [2.05, 4.69) is 4.74 Å². The van der Waals surface area contributed by atoms with Crippen LogP contribution in [-0.2, 0) is 4.74 Å². The van der Waals surface area contributed by atoms with Crippen LogP contribution in [0.5, 0.6) is 0 Å². The van der Waals surface area contributed by atoms with Crippen molar-refractivity contribution < 1.29 is 14.3 Å². The molecule has 0 spiro atoms. The molecule has 0 aliphatic carbocycles. The molecule has 4 heteroatoms. The minimum absolute atomic E-state index is 0.389. The Balaban J connectivity index is 2.36. The van der Waals surface area contributed by atoms with Gasteiger partial charge in [0.15, 0.2) is 6.20 Å². The number of carbonyl (C=O) groups excluding carboxylic acids is 1. The lowest BCUT2D eigenvalue weighted by Crippen LogP contribution is -2.27. The zero-order chi connectivity index (χ0) is 12.3. The number of pyridine rings is 1. The molecule has 2 aromatic rings. The molecule has 1 heterocycles. The number of aromatic nitrogens is 1. The molecule has 0 fully saturated rings. The maximum absolute atomic E-state index is 11.5. The van der Waals surface area contributed by atoms with Gasteiger partial charge in [-0.1, -0.05) is 0 Å². The molecule has 0 N–H and O–H groups in total. The van der Waals surface area contributed by atoms with Crippen LogP contribution in [0.25, 0.3) is 11.3 Å². The molecule has 2 rings (SSSR count). The van der Waals surface area contributed by atoms with E-state index in [1.807, 2.05) is 0 Å². The van der Waals surface area contributed by atoms with Crippen molar-refractivity contribution in [2.75, 3.05) is 7.11 Å². The normalized spacial score (nSPS) is 9.94. The van der Waals surface area contributed by atoms with Crippen molar-refractivity contribution in [1.29, 1.82) is 0 Å². The predicted molar refractivity (Wildman–Crippen MR) is 62.2 cm³/mol. The lowest BCUT2D eigenvalue weighted by atomic mass is 10.1. The highest BCUT2D eigenvalue weighted by Crippen LogP contribution is 2.16. The molecule has 0 saturated carbocycles. The number of methoxy groups -OCH3 is 1. The molecule has 0 atom stereocenters. The summed E-state index contributed by atoms with van der Waals surface area (Å²) in [7, 11) is 1.33. The average molecular weight is 229 g/mol. The topological polar surface area (TPSA) is 53.2 Å². The minimum Gasteiger partial charge on any atom is -0.618 e. The summed E-state index contributed by atoms with van der Waals surface area (Å²) in [5, 5.41) is 11.5. The SMILES string of the molecule is COC(=O)c1ccc(-c2cccc[n+]2[O-])cc1. The fraction of sp³-hybridized carbons (Fsp3) is 0.0769. The molecule has 1 aromatic carbocycles. The van der Waals surface area contributed by atoms with Crippen LogP contribution in [0.4, 0.5) is 0 Å². The van der Waals surface area contributed by atoms with E-state index in [4.69, 9.17) is 0 Å². The largest absolute Gasteiger partial charge is 0.618 e. The maximum Gasteiger partial charge on any atom is 0.337 e. The van der Waals surface area contributed by atoms with Gasteiger partial charge in [0, 0.05) is 17.7 Å². The lowest BCUT2D eigenvalue weighted by Gasteiger charge is -2.04. The highest BCUT2D eigenvalue weighted by Gasteiger charge is 2.09. The van der Waals surface area contributed by atoms with Gasteiger partial charge in [-0.25, -0.2) is 4.79 Å². The summed E-state index contributed by atoms with van der Waals surface area (Å²) in [6, 6.07) is 11.9. The lowest BCUT2D eigenvalue weighted by molar-refractivity contribution is -0.593. The van der Waals surface area contributed by atoms with E-state index in [9.17, 15) is 10.0 Å². The smallest absolute Gasteiger partial charge is 0.337 e. The Morgan fingerprint density at radius 2 is 1.88 bits per heavy atom. The fourth-order valence-electron chi connectivity index (χ4n) is 1.55. The number of nitrogens with zero attached hydrogens (tertiary/aromatic N) is 1. The molecule has 1 aromatic heterocycles. The number of ether oxygens (including phenoxy) is 1. The van der Waals surface area contributed by atoms with Crippen LogP contribution in [0.1, 0.15) is 10.4 Å². The Labute approximate surface area is 98.7 Å². The van der Waals surface area contributed by atoms with Gasteiger partial charge >= 0.3 is 5.97 Å². The second kappa shape index (κ2) is 4.65. The van der Waals surface area contributed by atoms with Crippen molar-refractivity contribution in [3.63, 3.8) is 0 Å². The van der Waals surface area contributed by atoms with Gasteiger partial charge in [-0.2, -0.15) is 4.73 Å². The maximum atomic E-state index is 11.5. The number of hydrogen-bond donors (Lipinski definition) is 0. The monoisotopic (exact) mass is 229 g/mol. The van der Waals surface area contributed by atoms with Gasteiger partial charge in [0.25, 0.3) is 0 Å². The van der Waals surface area contributed by atoms with E-state index in [1.165, 1.54) is 13.3 Å². The molecule has 0 unspecified atom stereocenters. The third kappa shape index (κ3) is 2.25. The molecule has 0 radical (unpaired) electrons. The van der Waals surface area contributed by atoms with Gasteiger partial charge in [0.2, 0.25) is 5.69 Å². The molecular formula is C13H11NO3. The average Bonchev–Trinajstić information content (AvgIpc) is 2.39. The first-order valence-electron chi connectivity index (χ1n) is 5.09. The van der Waals surface area contributed by atoms with Crippen molar-refractivity contribution in [3.05, 3.63) is 59.4 Å². The van der Waals surface area contributed by atoms with Gasteiger partial charge in [0.1, 0.15) is 0 Å². The number of hydrogen-bond acceptors (Lipinski definition) is 3. The van der Waals surface area contributed by atoms with Gasteiger partial charge < -0.3 is 9.94 Å². The van der Waals surface area contributed by atoms with Crippen LogP contribution in [0.2, 0.25) is 0 Å². The molecule has 0 amide bonds. The second-order valence-corrected chi connectivity index (χ2v) is 3.48. The molecule has 0 saturated heterocycles. The zero-order valence-corrected chi connectivity index (χ0v) is 9.29. The van der Waals surface area contributed by atoms with E-state index in [-0.39, 0.29) is 5.97 Å². The van der Waals surface area contributed by atoms with Crippen LogP contribution in [0.3, 0.4) is 0 Å². The van der Waals surface area contributed by atoms with Crippen molar-refractivity contribution in [2.24, 2.45) is 0 Å². The van der Waals surface area contributed by atoms with Gasteiger partial charge in [0.05, 0.1) is 12.7 Å². The third-order valence-corrected chi connectivity index (χ3v) is 2.43. The Bertz CT molecular complexity index is 535. The van der Waals surface area contributed by atoms with Crippen molar-refractivity contribution in [2.45, 2.75) is 0 Å². The minimum atomic E-state index is -0.389. The highest BCUT2D eigenvalue weighted by atomic mass is 16.5. The molecule has 86 valence electrons. The van der Waals surface area contributed by atoms with Gasteiger partial charge in [-0.3, -0.25) is 0 Å². The number of benzene rings is 1. The Hall–Kier alpha value is -2.36.